The van der Waals surface area contributed by atoms with Gasteiger partial charge in [-0.15, -0.1) is 11.8 Å². The lowest BCUT2D eigenvalue weighted by molar-refractivity contribution is 0.281. The summed E-state index contributed by atoms with van der Waals surface area (Å²) in [6.07, 6.45) is 0. The smallest absolute Gasteiger partial charge is 0.0682 e. The molecule has 0 radical (unpaired) electrons. The third-order valence-corrected chi connectivity index (χ3v) is 4.13. The number of thioether (sulfide) groups is 1. The lowest BCUT2D eigenvalue weighted by Crippen LogP contribution is -1.91. The molecule has 2 heteroatoms. The van der Waals surface area contributed by atoms with Crippen LogP contribution in [0.2, 0.25) is 0 Å². The van der Waals surface area contributed by atoms with Crippen LogP contribution in [-0.4, -0.2) is 5.11 Å². The molecule has 0 aliphatic heterocycles. The van der Waals surface area contributed by atoms with E-state index in [-0.39, 0.29) is 6.61 Å². The van der Waals surface area contributed by atoms with Crippen molar-refractivity contribution in [3.63, 3.8) is 0 Å². The van der Waals surface area contributed by atoms with E-state index in [0.717, 1.165) is 11.3 Å². The molecule has 18 heavy (non-hydrogen) atoms. The van der Waals surface area contributed by atoms with Gasteiger partial charge < -0.3 is 5.11 Å². The van der Waals surface area contributed by atoms with Gasteiger partial charge in [0.15, 0.2) is 0 Å². The standard InChI is InChI=1S/C16H18OS/c1-12-5-3-6-13(2)16(12)11-18-15-8-4-7-14(9-15)10-17/h3-9,17H,10-11H2,1-2H3. The Morgan fingerprint density at radius 3 is 2.33 bits per heavy atom. The second kappa shape index (κ2) is 6.07. The molecular formula is C16H18OS. The maximum absolute atomic E-state index is 9.13. The van der Waals surface area contributed by atoms with Crippen molar-refractivity contribution in [1.29, 1.82) is 0 Å². The van der Waals surface area contributed by atoms with Crippen LogP contribution in [0, 0.1) is 13.8 Å². The third-order valence-electron chi connectivity index (χ3n) is 3.11. The quantitative estimate of drug-likeness (QED) is 0.834. The van der Waals surface area contributed by atoms with Gasteiger partial charge in [0, 0.05) is 10.6 Å². The van der Waals surface area contributed by atoms with Gasteiger partial charge in [-0.25, -0.2) is 0 Å². The van der Waals surface area contributed by atoms with Gasteiger partial charge in [-0.2, -0.15) is 0 Å². The number of aliphatic hydroxyl groups is 1. The molecule has 0 heterocycles. The molecule has 0 spiro atoms. The second-order valence-electron chi connectivity index (χ2n) is 4.46. The molecule has 0 aromatic heterocycles. The van der Waals surface area contributed by atoms with Crippen molar-refractivity contribution in [2.75, 3.05) is 0 Å². The third kappa shape index (κ3) is 3.15. The Hall–Kier alpha value is -1.25. The first-order valence-electron chi connectivity index (χ1n) is 6.08. The fourth-order valence-electron chi connectivity index (χ4n) is 1.97. The highest BCUT2D eigenvalue weighted by molar-refractivity contribution is 7.98. The highest BCUT2D eigenvalue weighted by atomic mass is 32.2. The normalized spacial score (nSPS) is 10.6. The van der Waals surface area contributed by atoms with Crippen LogP contribution in [0.3, 0.4) is 0 Å². The number of rotatable bonds is 4. The summed E-state index contributed by atoms with van der Waals surface area (Å²) in [7, 11) is 0. The molecule has 0 bridgehead atoms. The molecule has 0 saturated heterocycles. The summed E-state index contributed by atoms with van der Waals surface area (Å²) >= 11 is 1.82. The van der Waals surface area contributed by atoms with Crippen LogP contribution in [0.1, 0.15) is 22.3 Å². The van der Waals surface area contributed by atoms with E-state index in [2.05, 4.69) is 44.2 Å². The van der Waals surface area contributed by atoms with Crippen LogP contribution >= 0.6 is 11.8 Å². The Kier molecular flexibility index (Phi) is 4.45. The fourth-order valence-corrected chi connectivity index (χ4v) is 3.14. The molecule has 0 aliphatic carbocycles. The van der Waals surface area contributed by atoms with Crippen LogP contribution in [0.4, 0.5) is 0 Å². The SMILES string of the molecule is Cc1cccc(C)c1CSc1cccc(CO)c1. The lowest BCUT2D eigenvalue weighted by atomic mass is 10.1. The molecule has 0 unspecified atom stereocenters. The van der Waals surface area contributed by atoms with Crippen LogP contribution < -0.4 is 0 Å². The largest absolute Gasteiger partial charge is 0.392 e. The Morgan fingerprint density at radius 2 is 1.67 bits per heavy atom. The number of hydrogen-bond acceptors (Lipinski definition) is 2. The number of hydrogen-bond donors (Lipinski definition) is 1. The maximum Gasteiger partial charge on any atom is 0.0682 e. The van der Waals surface area contributed by atoms with Crippen LogP contribution in [0.15, 0.2) is 47.4 Å². The lowest BCUT2D eigenvalue weighted by Gasteiger charge is -2.09. The first-order valence-corrected chi connectivity index (χ1v) is 7.07. The maximum atomic E-state index is 9.13. The minimum absolute atomic E-state index is 0.109. The Balaban J connectivity index is 2.11. The zero-order chi connectivity index (χ0) is 13.0. The summed E-state index contributed by atoms with van der Waals surface area (Å²) in [6.45, 7) is 4.43. The van der Waals surface area contributed by atoms with Crippen LogP contribution in [0.5, 0.6) is 0 Å². The zero-order valence-electron chi connectivity index (χ0n) is 10.8. The topological polar surface area (TPSA) is 20.2 Å². The fraction of sp³-hybridized carbons (Fsp3) is 0.250. The van der Waals surface area contributed by atoms with E-state index in [1.807, 2.05) is 23.9 Å². The summed E-state index contributed by atoms with van der Waals surface area (Å²) in [5, 5.41) is 9.13. The predicted octanol–water partition coefficient (Wildman–Crippen LogP) is 4.09. The summed E-state index contributed by atoms with van der Waals surface area (Å²) in [5.74, 6) is 0.980. The van der Waals surface area contributed by atoms with Crippen molar-refractivity contribution in [3.8, 4) is 0 Å². The first kappa shape index (κ1) is 13.2. The van der Waals surface area contributed by atoms with E-state index in [1.54, 1.807) is 0 Å². The average molecular weight is 258 g/mol. The highest BCUT2D eigenvalue weighted by Gasteiger charge is 2.03. The Bertz CT molecular complexity index is 514. The molecule has 1 N–H and O–H groups in total. The number of benzene rings is 2. The monoisotopic (exact) mass is 258 g/mol. The average Bonchev–Trinajstić information content (AvgIpc) is 2.38. The number of aliphatic hydroxyl groups excluding tert-OH is 1. The van der Waals surface area contributed by atoms with E-state index in [0.29, 0.717) is 0 Å². The van der Waals surface area contributed by atoms with Gasteiger partial charge in [-0.05, 0) is 48.2 Å². The van der Waals surface area contributed by atoms with Gasteiger partial charge >= 0.3 is 0 Å². The molecule has 2 rings (SSSR count). The molecular weight excluding hydrogens is 240 g/mol. The minimum atomic E-state index is 0.109. The van der Waals surface area contributed by atoms with Crippen molar-refractivity contribution in [1.82, 2.24) is 0 Å². The molecule has 0 atom stereocenters. The summed E-state index contributed by atoms with van der Waals surface area (Å²) in [4.78, 5) is 1.21. The van der Waals surface area contributed by atoms with Crippen molar-refractivity contribution in [2.24, 2.45) is 0 Å². The van der Waals surface area contributed by atoms with Crippen LogP contribution in [-0.2, 0) is 12.4 Å². The van der Waals surface area contributed by atoms with E-state index < -0.39 is 0 Å². The molecule has 0 amide bonds. The summed E-state index contributed by atoms with van der Waals surface area (Å²) in [6, 6.07) is 14.5. The van der Waals surface area contributed by atoms with E-state index in [1.165, 1.54) is 21.6 Å². The minimum Gasteiger partial charge on any atom is -0.392 e. The van der Waals surface area contributed by atoms with Crippen molar-refractivity contribution >= 4 is 11.8 Å². The Morgan fingerprint density at radius 1 is 1.00 bits per heavy atom. The van der Waals surface area contributed by atoms with Crippen molar-refractivity contribution in [3.05, 3.63) is 64.7 Å². The van der Waals surface area contributed by atoms with E-state index in [4.69, 9.17) is 5.11 Å². The van der Waals surface area contributed by atoms with Gasteiger partial charge in [0.25, 0.3) is 0 Å². The van der Waals surface area contributed by atoms with Gasteiger partial charge in [-0.3, -0.25) is 0 Å². The van der Waals surface area contributed by atoms with Gasteiger partial charge in [-0.1, -0.05) is 30.3 Å². The van der Waals surface area contributed by atoms with E-state index >= 15 is 0 Å². The molecule has 2 aromatic rings. The van der Waals surface area contributed by atoms with Gasteiger partial charge in [0.05, 0.1) is 6.61 Å². The van der Waals surface area contributed by atoms with Gasteiger partial charge in [0.1, 0.15) is 0 Å². The molecule has 2 aromatic carbocycles. The molecule has 0 aliphatic rings. The Labute approximate surface area is 113 Å². The second-order valence-corrected chi connectivity index (χ2v) is 5.51. The van der Waals surface area contributed by atoms with E-state index in [9.17, 15) is 0 Å². The molecule has 94 valence electrons. The molecule has 1 nitrogen and oxygen atoms in total. The van der Waals surface area contributed by atoms with Crippen LogP contribution in [0.25, 0.3) is 0 Å². The van der Waals surface area contributed by atoms with Gasteiger partial charge in [0.2, 0.25) is 0 Å². The highest BCUT2D eigenvalue weighted by Crippen LogP contribution is 2.26. The molecule has 0 fully saturated rings. The number of aryl methyl sites for hydroxylation is 2. The predicted molar refractivity (Wildman–Crippen MR) is 77.8 cm³/mol. The molecule has 0 saturated carbocycles. The van der Waals surface area contributed by atoms with Crippen molar-refractivity contribution in [2.45, 2.75) is 31.1 Å². The zero-order valence-corrected chi connectivity index (χ0v) is 11.6. The first-order chi connectivity index (χ1) is 8.70. The summed E-state index contributed by atoms with van der Waals surface area (Å²) in [5.41, 5.74) is 5.08. The summed E-state index contributed by atoms with van der Waals surface area (Å²) < 4.78 is 0. The van der Waals surface area contributed by atoms with Crippen molar-refractivity contribution < 1.29 is 5.11 Å².